The second-order valence-corrected chi connectivity index (χ2v) is 6.75. The molecule has 0 spiro atoms. The zero-order valence-corrected chi connectivity index (χ0v) is 15.7. The summed E-state index contributed by atoms with van der Waals surface area (Å²) in [6, 6.07) is 14.6. The van der Waals surface area contributed by atoms with Crippen molar-refractivity contribution < 1.29 is 19.0 Å². The summed E-state index contributed by atoms with van der Waals surface area (Å²) in [5.41, 5.74) is 1.70. The van der Waals surface area contributed by atoms with Gasteiger partial charge in [0.1, 0.15) is 11.6 Å². The molecule has 1 fully saturated rings. The third-order valence-electron chi connectivity index (χ3n) is 4.80. The van der Waals surface area contributed by atoms with Crippen molar-refractivity contribution >= 4 is 5.69 Å². The quantitative estimate of drug-likeness (QED) is 0.769. The van der Waals surface area contributed by atoms with Crippen molar-refractivity contribution in [2.45, 2.75) is 12.7 Å². The van der Waals surface area contributed by atoms with E-state index in [1.807, 2.05) is 12.1 Å². The fraction of sp³-hybridized carbons (Fsp3) is 0.429. The molecule has 6 heteroatoms. The topological polar surface area (TPSA) is 45.2 Å². The van der Waals surface area contributed by atoms with Crippen molar-refractivity contribution in [1.82, 2.24) is 4.90 Å². The fourth-order valence-corrected chi connectivity index (χ4v) is 3.25. The number of benzene rings is 2. The van der Waals surface area contributed by atoms with E-state index in [0.717, 1.165) is 31.9 Å². The van der Waals surface area contributed by atoms with Crippen LogP contribution in [-0.2, 0) is 11.3 Å². The Morgan fingerprint density at radius 1 is 1.04 bits per heavy atom. The van der Waals surface area contributed by atoms with Gasteiger partial charge in [-0.15, -0.1) is 0 Å². The monoisotopic (exact) mass is 374 g/mol. The number of aliphatic hydroxyl groups is 1. The highest BCUT2D eigenvalue weighted by molar-refractivity contribution is 5.49. The lowest BCUT2D eigenvalue weighted by atomic mass is 10.2. The van der Waals surface area contributed by atoms with Crippen molar-refractivity contribution in [2.24, 2.45) is 0 Å². The van der Waals surface area contributed by atoms with Crippen LogP contribution >= 0.6 is 0 Å². The van der Waals surface area contributed by atoms with E-state index in [2.05, 4.69) is 21.9 Å². The highest BCUT2D eigenvalue weighted by Crippen LogP contribution is 2.20. The number of anilines is 1. The summed E-state index contributed by atoms with van der Waals surface area (Å²) in [6.45, 7) is 4.53. The first-order valence-electron chi connectivity index (χ1n) is 9.26. The molecule has 27 heavy (non-hydrogen) atoms. The third kappa shape index (κ3) is 5.66. The average Bonchev–Trinajstić information content (AvgIpc) is 2.70. The van der Waals surface area contributed by atoms with Crippen molar-refractivity contribution in [3.63, 3.8) is 0 Å². The Balaban J connectivity index is 1.37. The van der Waals surface area contributed by atoms with Gasteiger partial charge in [-0.1, -0.05) is 18.2 Å². The maximum atomic E-state index is 13.5. The molecule has 0 radical (unpaired) electrons. The smallest absolute Gasteiger partial charge is 0.128 e. The minimum atomic E-state index is -0.579. The fourth-order valence-electron chi connectivity index (χ4n) is 3.25. The molecular formula is C21H27FN2O3. The van der Waals surface area contributed by atoms with Crippen molar-refractivity contribution in [3.05, 3.63) is 59.9 Å². The molecule has 146 valence electrons. The van der Waals surface area contributed by atoms with Crippen LogP contribution in [0.5, 0.6) is 5.75 Å². The van der Waals surface area contributed by atoms with Crippen LogP contribution in [0.15, 0.2) is 48.5 Å². The zero-order chi connectivity index (χ0) is 19.1. The van der Waals surface area contributed by atoms with Gasteiger partial charge in [0.25, 0.3) is 0 Å². The number of nitrogens with zero attached hydrogens (tertiary/aromatic N) is 2. The molecule has 1 aliphatic rings. The van der Waals surface area contributed by atoms with Gasteiger partial charge < -0.3 is 19.5 Å². The number of hydrogen-bond donors (Lipinski definition) is 1. The molecule has 1 aliphatic heterocycles. The number of halogens is 1. The Morgan fingerprint density at radius 3 is 2.41 bits per heavy atom. The molecule has 1 heterocycles. The number of β-amino-alcohol motifs (C(OH)–C–C–N with tert-alkyl or cyclic N) is 1. The lowest BCUT2D eigenvalue weighted by Crippen LogP contribution is -2.49. The predicted molar refractivity (Wildman–Crippen MR) is 104 cm³/mol. The molecule has 0 aromatic heterocycles. The maximum Gasteiger partial charge on any atom is 0.128 e. The van der Waals surface area contributed by atoms with E-state index < -0.39 is 6.10 Å². The summed E-state index contributed by atoms with van der Waals surface area (Å²) in [5, 5.41) is 10.2. The van der Waals surface area contributed by atoms with Crippen LogP contribution in [0.1, 0.15) is 5.56 Å². The van der Waals surface area contributed by atoms with Gasteiger partial charge in [0.15, 0.2) is 0 Å². The molecule has 3 rings (SSSR count). The Morgan fingerprint density at radius 2 is 1.74 bits per heavy atom. The van der Waals surface area contributed by atoms with E-state index in [4.69, 9.17) is 9.47 Å². The van der Waals surface area contributed by atoms with Gasteiger partial charge in [0, 0.05) is 44.0 Å². The van der Waals surface area contributed by atoms with Gasteiger partial charge in [0.05, 0.1) is 26.4 Å². The number of piperazine rings is 1. The summed E-state index contributed by atoms with van der Waals surface area (Å²) < 4.78 is 24.2. The molecule has 0 amide bonds. The van der Waals surface area contributed by atoms with Gasteiger partial charge in [-0.2, -0.15) is 0 Å². The first-order valence-corrected chi connectivity index (χ1v) is 9.26. The Bertz CT molecular complexity index is 703. The second kappa shape index (κ2) is 9.69. The average molecular weight is 374 g/mol. The largest absolute Gasteiger partial charge is 0.497 e. The Hall–Kier alpha value is -2.15. The molecule has 1 unspecified atom stereocenters. The first kappa shape index (κ1) is 19.6. The van der Waals surface area contributed by atoms with E-state index in [9.17, 15) is 9.50 Å². The number of rotatable bonds is 8. The Kier molecular flexibility index (Phi) is 7.04. The SMILES string of the molecule is COc1ccc(N2CCN(CC(O)COCc3ccccc3F)CC2)cc1. The van der Waals surface area contributed by atoms with Crippen LogP contribution in [0.4, 0.5) is 10.1 Å². The molecule has 5 nitrogen and oxygen atoms in total. The van der Waals surface area contributed by atoms with Gasteiger partial charge in [-0.3, -0.25) is 4.90 Å². The normalized spacial score (nSPS) is 16.3. The van der Waals surface area contributed by atoms with E-state index in [1.165, 1.54) is 11.8 Å². The highest BCUT2D eigenvalue weighted by atomic mass is 19.1. The highest BCUT2D eigenvalue weighted by Gasteiger charge is 2.19. The molecule has 1 atom stereocenters. The summed E-state index contributed by atoms with van der Waals surface area (Å²) in [7, 11) is 1.67. The van der Waals surface area contributed by atoms with E-state index in [-0.39, 0.29) is 19.0 Å². The molecule has 0 bridgehead atoms. The lowest BCUT2D eigenvalue weighted by molar-refractivity contribution is 0.00839. The molecule has 1 N–H and O–H groups in total. The van der Waals surface area contributed by atoms with E-state index in [1.54, 1.807) is 25.3 Å². The van der Waals surface area contributed by atoms with Crippen LogP contribution in [0.2, 0.25) is 0 Å². The predicted octanol–water partition coefficient (Wildman–Crippen LogP) is 2.53. The van der Waals surface area contributed by atoms with Crippen LogP contribution in [-0.4, -0.2) is 62.6 Å². The van der Waals surface area contributed by atoms with Crippen LogP contribution < -0.4 is 9.64 Å². The molecule has 2 aromatic carbocycles. The van der Waals surface area contributed by atoms with Crippen molar-refractivity contribution in [2.75, 3.05) is 51.3 Å². The van der Waals surface area contributed by atoms with Crippen LogP contribution in [0.3, 0.4) is 0 Å². The molecule has 2 aromatic rings. The number of ether oxygens (including phenoxy) is 2. The zero-order valence-electron chi connectivity index (χ0n) is 15.7. The van der Waals surface area contributed by atoms with Crippen molar-refractivity contribution in [3.8, 4) is 5.75 Å². The molecule has 1 saturated heterocycles. The lowest BCUT2D eigenvalue weighted by Gasteiger charge is -2.36. The maximum absolute atomic E-state index is 13.5. The molecular weight excluding hydrogens is 347 g/mol. The van der Waals surface area contributed by atoms with Gasteiger partial charge in [0.2, 0.25) is 0 Å². The van der Waals surface area contributed by atoms with Gasteiger partial charge in [-0.25, -0.2) is 4.39 Å². The van der Waals surface area contributed by atoms with Crippen LogP contribution in [0, 0.1) is 5.82 Å². The van der Waals surface area contributed by atoms with Crippen LogP contribution in [0.25, 0.3) is 0 Å². The summed E-state index contributed by atoms with van der Waals surface area (Å²) in [5.74, 6) is 0.581. The van der Waals surface area contributed by atoms with E-state index in [0.29, 0.717) is 12.1 Å². The standard InChI is InChI=1S/C21H27FN2O3/c1-26-20-8-6-18(7-9-20)24-12-10-23(11-13-24)14-19(25)16-27-15-17-4-2-3-5-21(17)22/h2-9,19,25H,10-16H2,1H3. The number of hydrogen-bond acceptors (Lipinski definition) is 5. The number of methoxy groups -OCH3 is 1. The second-order valence-electron chi connectivity index (χ2n) is 6.75. The van der Waals surface area contributed by atoms with Gasteiger partial charge >= 0.3 is 0 Å². The van der Waals surface area contributed by atoms with Crippen molar-refractivity contribution in [1.29, 1.82) is 0 Å². The molecule has 0 aliphatic carbocycles. The van der Waals surface area contributed by atoms with E-state index >= 15 is 0 Å². The summed E-state index contributed by atoms with van der Waals surface area (Å²) in [6.07, 6.45) is -0.579. The Labute approximate surface area is 159 Å². The number of aliphatic hydroxyl groups excluding tert-OH is 1. The van der Waals surface area contributed by atoms with Gasteiger partial charge in [-0.05, 0) is 30.3 Å². The molecule has 0 saturated carbocycles. The minimum Gasteiger partial charge on any atom is -0.497 e. The third-order valence-corrected chi connectivity index (χ3v) is 4.80. The summed E-state index contributed by atoms with van der Waals surface area (Å²) >= 11 is 0. The first-order chi connectivity index (χ1) is 13.2. The summed E-state index contributed by atoms with van der Waals surface area (Å²) in [4.78, 5) is 4.56. The minimum absolute atomic E-state index is 0.176.